The molecule has 0 bridgehead atoms. The van der Waals surface area contributed by atoms with Gasteiger partial charge in [-0.25, -0.2) is 0 Å². The van der Waals surface area contributed by atoms with Gasteiger partial charge in [0, 0.05) is 25.7 Å². The van der Waals surface area contributed by atoms with Crippen LogP contribution in [0.15, 0.2) is 0 Å². The van der Waals surface area contributed by atoms with Gasteiger partial charge in [0.2, 0.25) is 0 Å². The van der Waals surface area contributed by atoms with Crippen LogP contribution in [0.3, 0.4) is 0 Å². The summed E-state index contributed by atoms with van der Waals surface area (Å²) in [5.41, 5.74) is 8.67. The predicted molar refractivity (Wildman–Crippen MR) is 81.7 cm³/mol. The Morgan fingerprint density at radius 3 is 2.58 bits per heavy atom. The predicted octanol–water partition coefficient (Wildman–Crippen LogP) is 0.868. The van der Waals surface area contributed by atoms with E-state index in [0.717, 1.165) is 42.3 Å². The number of nitrogens with two attached hydrogens (primary N) is 1. The van der Waals surface area contributed by atoms with Crippen molar-refractivity contribution in [1.82, 2.24) is 15.1 Å². The maximum atomic E-state index is 5.88. The highest BCUT2D eigenvalue weighted by Crippen LogP contribution is 2.24. The Labute approximate surface area is 119 Å². The zero-order valence-electron chi connectivity index (χ0n) is 12.0. The van der Waals surface area contributed by atoms with Crippen molar-refractivity contribution < 1.29 is 0 Å². The highest BCUT2D eigenvalue weighted by atomic mass is 32.1. The molecule has 104 valence electrons. The second-order valence-electron chi connectivity index (χ2n) is 5.25. The molecule has 1 saturated heterocycles. The number of piperazine rings is 1. The van der Waals surface area contributed by atoms with Gasteiger partial charge in [-0.3, -0.25) is 0 Å². The zero-order chi connectivity index (χ0) is 14.2. The maximum Gasteiger partial charge on any atom is 0.161 e. The molecule has 0 aliphatic carbocycles. The van der Waals surface area contributed by atoms with E-state index >= 15 is 0 Å². The van der Waals surface area contributed by atoms with Crippen molar-refractivity contribution in [3.63, 3.8) is 0 Å². The molecule has 5 nitrogen and oxygen atoms in total. The fraction of sp³-hybridized carbons (Fsp3) is 0.615. The highest BCUT2D eigenvalue weighted by Gasteiger charge is 2.25. The van der Waals surface area contributed by atoms with E-state index in [2.05, 4.69) is 34.0 Å². The van der Waals surface area contributed by atoms with E-state index < -0.39 is 0 Å². The molecule has 2 heterocycles. The van der Waals surface area contributed by atoms with E-state index in [1.807, 2.05) is 13.8 Å². The van der Waals surface area contributed by atoms with Gasteiger partial charge in [-0.2, -0.15) is 5.10 Å². The third kappa shape index (κ3) is 2.69. The molecule has 2 rings (SSSR count). The third-order valence-electron chi connectivity index (χ3n) is 3.94. The smallest absolute Gasteiger partial charge is 0.161 e. The lowest BCUT2D eigenvalue weighted by molar-refractivity contribution is 0.233. The quantitative estimate of drug-likeness (QED) is 0.811. The molecule has 1 aliphatic heterocycles. The zero-order valence-corrected chi connectivity index (χ0v) is 12.8. The Hall–Kier alpha value is -1.27. The monoisotopic (exact) mass is 279 g/mol. The molecule has 0 amide bonds. The van der Waals surface area contributed by atoms with Crippen LogP contribution in [-0.2, 0) is 0 Å². The summed E-state index contributed by atoms with van der Waals surface area (Å²) in [4.78, 5) is 4.97. The third-order valence-corrected chi connectivity index (χ3v) is 4.15. The molecule has 6 heteroatoms. The van der Waals surface area contributed by atoms with Crippen LogP contribution in [0.25, 0.3) is 0 Å². The molecule has 1 aliphatic rings. The van der Waals surface area contributed by atoms with E-state index in [9.17, 15) is 0 Å². The summed E-state index contributed by atoms with van der Waals surface area (Å²) in [7, 11) is 2.14. The Balaban J connectivity index is 2.40. The first-order valence-electron chi connectivity index (χ1n) is 6.50. The second-order valence-corrected chi connectivity index (χ2v) is 5.69. The number of hydrogen-bond donors (Lipinski definition) is 1. The van der Waals surface area contributed by atoms with Crippen LogP contribution in [0.1, 0.15) is 23.7 Å². The van der Waals surface area contributed by atoms with Crippen LogP contribution in [0.5, 0.6) is 0 Å². The highest BCUT2D eigenvalue weighted by molar-refractivity contribution is 7.80. The number of rotatable bonds is 2. The molecule has 2 N–H and O–H groups in total. The average molecular weight is 279 g/mol. The average Bonchev–Trinajstić information content (AvgIpc) is 2.35. The summed E-state index contributed by atoms with van der Waals surface area (Å²) >= 11 is 5.19. The van der Waals surface area contributed by atoms with Gasteiger partial charge in [-0.1, -0.05) is 12.2 Å². The van der Waals surface area contributed by atoms with Gasteiger partial charge in [0.05, 0.1) is 11.3 Å². The number of thiocarbonyl (C=S) groups is 1. The Kier molecular flexibility index (Phi) is 4.01. The molecule has 1 aromatic rings. The minimum absolute atomic E-state index is 0.400. The minimum Gasteiger partial charge on any atom is -0.389 e. The van der Waals surface area contributed by atoms with Crippen molar-refractivity contribution >= 4 is 23.0 Å². The fourth-order valence-corrected chi connectivity index (χ4v) is 2.60. The van der Waals surface area contributed by atoms with Crippen LogP contribution in [0.2, 0.25) is 0 Å². The summed E-state index contributed by atoms with van der Waals surface area (Å²) in [6, 6.07) is 0.483. The van der Waals surface area contributed by atoms with Crippen LogP contribution in [-0.4, -0.2) is 52.8 Å². The number of aryl methyl sites for hydroxylation is 1. The van der Waals surface area contributed by atoms with E-state index in [1.165, 1.54) is 0 Å². The topological polar surface area (TPSA) is 58.3 Å². The summed E-state index contributed by atoms with van der Waals surface area (Å²) in [6.07, 6.45) is 0. The van der Waals surface area contributed by atoms with Crippen molar-refractivity contribution in [1.29, 1.82) is 0 Å². The summed E-state index contributed by atoms with van der Waals surface area (Å²) in [6.45, 7) is 8.99. The lowest BCUT2D eigenvalue weighted by atomic mass is 10.1. The standard InChI is InChI=1S/C13H21N5S/c1-8-7-18(6-5-17(8)4)13-11(12(14)19)9(2)10(3)15-16-13/h8H,5-7H2,1-4H3,(H2,14,19). The van der Waals surface area contributed by atoms with Crippen molar-refractivity contribution in [2.24, 2.45) is 5.73 Å². The minimum atomic E-state index is 0.400. The molecule has 1 unspecified atom stereocenters. The summed E-state index contributed by atoms with van der Waals surface area (Å²) in [5.74, 6) is 0.829. The summed E-state index contributed by atoms with van der Waals surface area (Å²) < 4.78 is 0. The molecule has 0 radical (unpaired) electrons. The largest absolute Gasteiger partial charge is 0.389 e. The second kappa shape index (κ2) is 5.38. The molecule has 0 spiro atoms. The van der Waals surface area contributed by atoms with Gasteiger partial charge in [0.1, 0.15) is 4.99 Å². The lowest BCUT2D eigenvalue weighted by Gasteiger charge is -2.38. The molecule has 0 saturated carbocycles. The summed E-state index contributed by atoms with van der Waals surface area (Å²) in [5, 5.41) is 8.55. The SMILES string of the molecule is Cc1nnc(N2CCN(C)C(C)C2)c(C(N)=S)c1C. The van der Waals surface area contributed by atoms with Gasteiger partial charge in [0.25, 0.3) is 0 Å². The number of likely N-dealkylation sites (N-methyl/N-ethyl adjacent to an activating group) is 1. The molecule has 0 aromatic carbocycles. The molecule has 1 fully saturated rings. The van der Waals surface area contributed by atoms with Gasteiger partial charge in [0.15, 0.2) is 5.82 Å². The fourth-order valence-electron chi connectivity index (χ4n) is 2.35. The van der Waals surface area contributed by atoms with Gasteiger partial charge in [-0.05, 0) is 33.4 Å². The molecule has 19 heavy (non-hydrogen) atoms. The first-order chi connectivity index (χ1) is 8.91. The van der Waals surface area contributed by atoms with Gasteiger partial charge >= 0.3 is 0 Å². The molecular formula is C13H21N5S. The van der Waals surface area contributed by atoms with Crippen LogP contribution >= 0.6 is 12.2 Å². The van der Waals surface area contributed by atoms with E-state index in [4.69, 9.17) is 18.0 Å². The van der Waals surface area contributed by atoms with E-state index in [1.54, 1.807) is 0 Å². The Morgan fingerprint density at radius 1 is 1.32 bits per heavy atom. The van der Waals surface area contributed by atoms with E-state index in [0.29, 0.717) is 11.0 Å². The molecule has 1 aromatic heterocycles. The number of aromatic nitrogens is 2. The van der Waals surface area contributed by atoms with Crippen molar-refractivity contribution in [2.75, 3.05) is 31.6 Å². The normalized spacial score (nSPS) is 20.6. The van der Waals surface area contributed by atoms with Crippen molar-refractivity contribution in [2.45, 2.75) is 26.8 Å². The first kappa shape index (κ1) is 14.1. The Bertz CT molecular complexity index is 502. The van der Waals surface area contributed by atoms with Gasteiger partial charge < -0.3 is 15.5 Å². The van der Waals surface area contributed by atoms with E-state index in [-0.39, 0.29) is 0 Å². The number of hydrogen-bond acceptors (Lipinski definition) is 5. The first-order valence-corrected chi connectivity index (χ1v) is 6.91. The maximum absolute atomic E-state index is 5.88. The Morgan fingerprint density at radius 2 is 2.00 bits per heavy atom. The molecule has 1 atom stereocenters. The molecular weight excluding hydrogens is 258 g/mol. The van der Waals surface area contributed by atoms with Crippen LogP contribution < -0.4 is 10.6 Å². The number of anilines is 1. The van der Waals surface area contributed by atoms with Crippen molar-refractivity contribution in [3.8, 4) is 0 Å². The van der Waals surface area contributed by atoms with Crippen LogP contribution in [0, 0.1) is 13.8 Å². The van der Waals surface area contributed by atoms with Crippen molar-refractivity contribution in [3.05, 3.63) is 16.8 Å². The number of nitrogens with zero attached hydrogens (tertiary/aromatic N) is 4. The lowest BCUT2D eigenvalue weighted by Crippen LogP contribution is -2.51. The van der Waals surface area contributed by atoms with Crippen LogP contribution in [0.4, 0.5) is 5.82 Å². The van der Waals surface area contributed by atoms with Gasteiger partial charge in [-0.15, -0.1) is 5.10 Å².